The van der Waals surface area contributed by atoms with Gasteiger partial charge in [0.05, 0.1) is 28.5 Å². The van der Waals surface area contributed by atoms with Crippen molar-refractivity contribution >= 4 is 44.8 Å². The van der Waals surface area contributed by atoms with Crippen LogP contribution in [0.4, 0.5) is 5.69 Å². The maximum absolute atomic E-state index is 12.1. The second-order valence-electron chi connectivity index (χ2n) is 5.40. The number of rotatable bonds is 8. The first-order valence-electron chi connectivity index (χ1n) is 6.95. The van der Waals surface area contributed by atoms with Gasteiger partial charge in [0.1, 0.15) is 0 Å². The van der Waals surface area contributed by atoms with Crippen LogP contribution in [0.3, 0.4) is 0 Å². The molecule has 9 heteroatoms. The first kappa shape index (κ1) is 20.2. The Hall–Kier alpha value is -0.860. The van der Waals surface area contributed by atoms with Gasteiger partial charge in [0.25, 0.3) is 0 Å². The van der Waals surface area contributed by atoms with Gasteiger partial charge in [0.15, 0.2) is 0 Å². The monoisotopic (exact) mass is 381 g/mol. The summed E-state index contributed by atoms with van der Waals surface area (Å²) < 4.78 is 24.7. The van der Waals surface area contributed by atoms with Gasteiger partial charge in [-0.1, -0.05) is 29.3 Å². The number of nitrogens with zero attached hydrogens (tertiary/aromatic N) is 2. The minimum Gasteiger partial charge on any atom is -0.324 e. The summed E-state index contributed by atoms with van der Waals surface area (Å²) in [7, 11) is 0.329. The van der Waals surface area contributed by atoms with E-state index in [-0.39, 0.29) is 18.1 Å². The maximum Gasteiger partial charge on any atom is 0.239 e. The van der Waals surface area contributed by atoms with E-state index in [9.17, 15) is 13.2 Å². The Morgan fingerprint density at radius 3 is 2.43 bits per heavy atom. The van der Waals surface area contributed by atoms with E-state index < -0.39 is 15.9 Å². The number of halogens is 2. The number of sulfonamides is 1. The highest BCUT2D eigenvalue weighted by molar-refractivity contribution is 7.88. The molecule has 0 saturated carbocycles. The predicted octanol–water partition coefficient (Wildman–Crippen LogP) is 2.15. The Labute approximate surface area is 147 Å². The van der Waals surface area contributed by atoms with E-state index >= 15 is 0 Å². The fraction of sp³-hybridized carbons (Fsp3) is 0.500. The van der Waals surface area contributed by atoms with Crippen LogP contribution in [0.2, 0.25) is 10.0 Å². The molecule has 1 aromatic rings. The lowest BCUT2D eigenvalue weighted by molar-refractivity contribution is -0.116. The molecular formula is C14H21Cl2N3O3S. The summed E-state index contributed by atoms with van der Waals surface area (Å²) in [4.78, 5) is 14.1. The van der Waals surface area contributed by atoms with E-state index in [1.165, 1.54) is 0 Å². The van der Waals surface area contributed by atoms with E-state index in [4.69, 9.17) is 23.2 Å². The van der Waals surface area contributed by atoms with Gasteiger partial charge in [-0.3, -0.25) is 4.79 Å². The molecule has 1 aromatic carbocycles. The van der Waals surface area contributed by atoms with Crippen LogP contribution in [-0.2, 0) is 14.8 Å². The quantitative estimate of drug-likeness (QED) is 0.748. The summed E-state index contributed by atoms with van der Waals surface area (Å²) in [6, 6.07) is 4.85. The van der Waals surface area contributed by atoms with Crippen molar-refractivity contribution in [3.8, 4) is 0 Å². The Morgan fingerprint density at radius 1 is 1.22 bits per heavy atom. The molecular weight excluding hydrogens is 361 g/mol. The molecule has 6 nitrogen and oxygen atoms in total. The van der Waals surface area contributed by atoms with Crippen molar-refractivity contribution < 1.29 is 13.2 Å². The molecule has 0 fully saturated rings. The van der Waals surface area contributed by atoms with Crippen LogP contribution in [0, 0.1) is 0 Å². The summed E-state index contributed by atoms with van der Waals surface area (Å²) in [5.74, 6) is -0.468. The molecule has 0 bridgehead atoms. The van der Waals surface area contributed by atoms with Gasteiger partial charge in [0, 0.05) is 6.54 Å². The number of nitrogens with one attached hydrogen (secondary N) is 1. The summed E-state index contributed by atoms with van der Waals surface area (Å²) in [5, 5.41) is 3.12. The van der Waals surface area contributed by atoms with Crippen molar-refractivity contribution in [1.82, 2.24) is 9.21 Å². The Morgan fingerprint density at radius 2 is 1.87 bits per heavy atom. The van der Waals surface area contributed by atoms with E-state index in [1.807, 2.05) is 19.0 Å². The molecule has 0 atom stereocenters. The number of carbonyl (C=O) groups excluding carboxylic acids is 1. The highest BCUT2D eigenvalue weighted by Crippen LogP contribution is 2.29. The number of hydrogen-bond donors (Lipinski definition) is 1. The van der Waals surface area contributed by atoms with Gasteiger partial charge in [-0.15, -0.1) is 0 Å². The van der Waals surface area contributed by atoms with E-state index in [0.717, 1.165) is 17.1 Å². The Balaban J connectivity index is 2.71. The zero-order valence-electron chi connectivity index (χ0n) is 13.3. The van der Waals surface area contributed by atoms with Crippen LogP contribution in [-0.4, -0.2) is 63.5 Å². The fourth-order valence-electron chi connectivity index (χ4n) is 1.88. The first-order chi connectivity index (χ1) is 10.6. The molecule has 1 N–H and O–H groups in total. The maximum atomic E-state index is 12.1. The first-order valence-corrected chi connectivity index (χ1v) is 9.55. The largest absolute Gasteiger partial charge is 0.324 e. The molecule has 130 valence electrons. The lowest BCUT2D eigenvalue weighted by Crippen LogP contribution is -2.38. The predicted molar refractivity (Wildman–Crippen MR) is 94.7 cm³/mol. The third-order valence-corrected chi connectivity index (χ3v) is 5.10. The van der Waals surface area contributed by atoms with Gasteiger partial charge in [-0.2, -0.15) is 4.31 Å². The summed E-state index contributed by atoms with van der Waals surface area (Å²) in [5.41, 5.74) is 0.353. The fourth-order valence-corrected chi connectivity index (χ4v) is 3.04. The third-order valence-electron chi connectivity index (χ3n) is 3.03. The molecule has 0 aliphatic heterocycles. The minimum atomic E-state index is -3.47. The van der Waals surface area contributed by atoms with Crippen LogP contribution in [0.25, 0.3) is 0 Å². The van der Waals surface area contributed by atoms with Crippen LogP contribution in [0.5, 0.6) is 0 Å². The molecule has 0 aliphatic carbocycles. The number of carbonyl (C=O) groups is 1. The molecule has 0 heterocycles. The van der Waals surface area contributed by atoms with Crippen molar-refractivity contribution in [2.75, 3.05) is 45.3 Å². The summed E-state index contributed by atoms with van der Waals surface area (Å²) in [6.07, 6.45) is 1.72. The van der Waals surface area contributed by atoms with Crippen LogP contribution >= 0.6 is 23.2 Å². The minimum absolute atomic E-state index is 0.223. The normalized spacial score (nSPS) is 12.0. The molecule has 0 aliphatic rings. The van der Waals surface area contributed by atoms with Crippen LogP contribution in [0.1, 0.15) is 6.42 Å². The lowest BCUT2D eigenvalue weighted by Gasteiger charge is -2.20. The standard InChI is InChI=1S/C14H21Cl2N3O3S/c1-18(2)8-5-9-19(23(3,21)22)10-13(20)17-12-7-4-6-11(15)14(12)16/h4,6-7H,5,8-10H2,1-3H3,(H,17,20). The SMILES string of the molecule is CN(C)CCCN(CC(=O)Nc1cccc(Cl)c1Cl)S(C)(=O)=O. The van der Waals surface area contributed by atoms with E-state index in [0.29, 0.717) is 17.1 Å². The average molecular weight is 382 g/mol. The number of anilines is 1. The molecule has 0 saturated heterocycles. The van der Waals surface area contributed by atoms with Gasteiger partial charge in [0.2, 0.25) is 15.9 Å². The van der Waals surface area contributed by atoms with Crippen molar-refractivity contribution in [3.05, 3.63) is 28.2 Å². The average Bonchev–Trinajstić information content (AvgIpc) is 2.41. The van der Waals surface area contributed by atoms with Gasteiger partial charge >= 0.3 is 0 Å². The zero-order chi connectivity index (χ0) is 17.6. The molecule has 1 amide bonds. The third kappa shape index (κ3) is 7.05. The number of hydrogen-bond acceptors (Lipinski definition) is 4. The smallest absolute Gasteiger partial charge is 0.239 e. The number of amides is 1. The van der Waals surface area contributed by atoms with Crippen LogP contribution in [0.15, 0.2) is 18.2 Å². The van der Waals surface area contributed by atoms with Crippen molar-refractivity contribution in [2.45, 2.75) is 6.42 Å². The van der Waals surface area contributed by atoms with Crippen molar-refractivity contribution in [3.63, 3.8) is 0 Å². The highest BCUT2D eigenvalue weighted by Gasteiger charge is 2.20. The topological polar surface area (TPSA) is 69.7 Å². The Kier molecular flexibility index (Phi) is 7.76. The molecule has 0 aromatic heterocycles. The zero-order valence-corrected chi connectivity index (χ0v) is 15.7. The molecule has 0 spiro atoms. The second-order valence-corrected chi connectivity index (χ2v) is 8.17. The molecule has 0 radical (unpaired) electrons. The summed E-state index contributed by atoms with van der Waals surface area (Å²) in [6.45, 7) is 0.733. The van der Waals surface area contributed by atoms with Crippen molar-refractivity contribution in [2.24, 2.45) is 0 Å². The lowest BCUT2D eigenvalue weighted by atomic mass is 10.3. The second kappa shape index (κ2) is 8.84. The van der Waals surface area contributed by atoms with E-state index in [1.54, 1.807) is 18.2 Å². The van der Waals surface area contributed by atoms with Gasteiger partial charge in [-0.05, 0) is 39.2 Å². The Bertz CT molecular complexity index is 651. The molecule has 1 rings (SSSR count). The highest BCUT2D eigenvalue weighted by atomic mass is 35.5. The van der Waals surface area contributed by atoms with Crippen molar-refractivity contribution in [1.29, 1.82) is 0 Å². The molecule has 23 heavy (non-hydrogen) atoms. The van der Waals surface area contributed by atoms with Crippen LogP contribution < -0.4 is 5.32 Å². The van der Waals surface area contributed by atoms with Gasteiger partial charge in [-0.25, -0.2) is 8.42 Å². The van der Waals surface area contributed by atoms with E-state index in [2.05, 4.69) is 5.32 Å². The summed E-state index contributed by atoms with van der Waals surface area (Å²) >= 11 is 11.9. The number of benzene rings is 1. The molecule has 0 unspecified atom stereocenters. The van der Waals surface area contributed by atoms with Gasteiger partial charge < -0.3 is 10.2 Å².